The normalized spacial score (nSPS) is 19.1. The lowest BCUT2D eigenvalue weighted by Gasteiger charge is -2.29. The fourth-order valence-corrected chi connectivity index (χ4v) is 3.10. The average Bonchev–Trinajstić information content (AvgIpc) is 2.52. The fourth-order valence-electron chi connectivity index (χ4n) is 3.10. The van der Waals surface area contributed by atoms with Crippen LogP contribution >= 0.6 is 0 Å². The minimum Gasteiger partial charge on any atom is -0.493 e. The summed E-state index contributed by atoms with van der Waals surface area (Å²) in [6, 6.07) is 9.42. The van der Waals surface area contributed by atoms with Gasteiger partial charge in [0.25, 0.3) is 0 Å². The van der Waals surface area contributed by atoms with Crippen molar-refractivity contribution in [1.29, 1.82) is 0 Å². The van der Waals surface area contributed by atoms with Gasteiger partial charge in [-0.05, 0) is 45.5 Å². The Hall–Kier alpha value is -1.06. The smallest absolute Gasteiger partial charge is 0.124 e. The number of benzene rings is 1. The minimum absolute atomic E-state index is 0.443. The highest BCUT2D eigenvalue weighted by Gasteiger charge is 2.21. The molecule has 0 saturated heterocycles. The number of ether oxygens (including phenoxy) is 1. The van der Waals surface area contributed by atoms with Crippen LogP contribution in [0.3, 0.4) is 0 Å². The van der Waals surface area contributed by atoms with Crippen molar-refractivity contribution in [3.63, 3.8) is 0 Å². The van der Waals surface area contributed by atoms with Crippen LogP contribution in [0, 0.1) is 0 Å². The zero-order valence-electron chi connectivity index (χ0n) is 13.8. The van der Waals surface area contributed by atoms with Gasteiger partial charge in [-0.15, -0.1) is 0 Å². The predicted octanol–water partition coefficient (Wildman–Crippen LogP) is 3.61. The standard InChI is InChI=1S/C18H30N2O/c1-4-20(5-2)13-8-9-15(3)19-17-12-14-21-18-11-7-6-10-16(17)18/h6-7,10-11,15,17,19H,4-5,8-9,12-14H2,1-3H3. The number of fused-ring (bicyclic) bond motifs is 1. The molecule has 2 rings (SSSR count). The van der Waals surface area contributed by atoms with Gasteiger partial charge in [0, 0.05) is 24.1 Å². The maximum Gasteiger partial charge on any atom is 0.124 e. The Bertz CT molecular complexity index is 417. The highest BCUT2D eigenvalue weighted by atomic mass is 16.5. The molecule has 1 aliphatic rings. The van der Waals surface area contributed by atoms with Crippen molar-refractivity contribution in [2.24, 2.45) is 0 Å². The Labute approximate surface area is 129 Å². The number of para-hydroxylation sites is 1. The summed E-state index contributed by atoms with van der Waals surface area (Å²) in [6.45, 7) is 11.1. The molecular weight excluding hydrogens is 260 g/mol. The largest absolute Gasteiger partial charge is 0.493 e. The van der Waals surface area contributed by atoms with E-state index in [0.29, 0.717) is 12.1 Å². The van der Waals surface area contributed by atoms with Gasteiger partial charge in [-0.25, -0.2) is 0 Å². The molecule has 1 aliphatic heterocycles. The molecule has 1 heterocycles. The van der Waals surface area contributed by atoms with Crippen LogP contribution in [0.2, 0.25) is 0 Å². The van der Waals surface area contributed by atoms with Gasteiger partial charge >= 0.3 is 0 Å². The van der Waals surface area contributed by atoms with E-state index in [9.17, 15) is 0 Å². The van der Waals surface area contributed by atoms with Gasteiger partial charge in [-0.1, -0.05) is 32.0 Å². The first-order valence-electron chi connectivity index (χ1n) is 8.44. The molecule has 21 heavy (non-hydrogen) atoms. The van der Waals surface area contributed by atoms with Gasteiger partial charge in [0.05, 0.1) is 6.61 Å². The Balaban J connectivity index is 1.79. The third kappa shape index (κ3) is 4.72. The molecule has 0 amide bonds. The van der Waals surface area contributed by atoms with Crippen LogP contribution in [-0.4, -0.2) is 37.2 Å². The van der Waals surface area contributed by atoms with Crippen molar-refractivity contribution in [1.82, 2.24) is 10.2 Å². The summed E-state index contributed by atoms with van der Waals surface area (Å²) < 4.78 is 5.73. The third-order valence-electron chi connectivity index (χ3n) is 4.45. The van der Waals surface area contributed by atoms with Crippen molar-refractivity contribution in [2.45, 2.75) is 52.1 Å². The van der Waals surface area contributed by atoms with E-state index in [-0.39, 0.29) is 0 Å². The molecule has 0 bridgehead atoms. The van der Waals surface area contributed by atoms with Crippen LogP contribution in [0.1, 0.15) is 51.6 Å². The van der Waals surface area contributed by atoms with Crippen molar-refractivity contribution in [3.05, 3.63) is 29.8 Å². The molecule has 1 aromatic carbocycles. The number of rotatable bonds is 8. The summed E-state index contributed by atoms with van der Waals surface area (Å²) in [4.78, 5) is 2.50. The fraction of sp³-hybridized carbons (Fsp3) is 0.667. The van der Waals surface area contributed by atoms with Gasteiger partial charge in [-0.2, -0.15) is 0 Å². The zero-order chi connectivity index (χ0) is 15.1. The molecule has 2 atom stereocenters. The van der Waals surface area contributed by atoms with E-state index in [1.807, 2.05) is 0 Å². The Morgan fingerprint density at radius 1 is 1.29 bits per heavy atom. The molecule has 3 nitrogen and oxygen atoms in total. The van der Waals surface area contributed by atoms with Crippen LogP contribution < -0.4 is 10.1 Å². The topological polar surface area (TPSA) is 24.5 Å². The van der Waals surface area contributed by atoms with Crippen LogP contribution in [0.25, 0.3) is 0 Å². The Kier molecular flexibility index (Phi) is 6.52. The summed E-state index contributed by atoms with van der Waals surface area (Å²) >= 11 is 0. The number of hydrogen-bond donors (Lipinski definition) is 1. The molecule has 0 saturated carbocycles. The first kappa shape index (κ1) is 16.3. The van der Waals surface area contributed by atoms with Crippen molar-refractivity contribution < 1.29 is 4.74 Å². The van der Waals surface area contributed by atoms with Crippen molar-refractivity contribution in [3.8, 4) is 5.75 Å². The van der Waals surface area contributed by atoms with Gasteiger partial charge in [0.2, 0.25) is 0 Å². The van der Waals surface area contributed by atoms with Gasteiger partial charge in [-0.3, -0.25) is 0 Å². The summed E-state index contributed by atoms with van der Waals surface area (Å²) in [5.74, 6) is 1.05. The summed E-state index contributed by atoms with van der Waals surface area (Å²) in [7, 11) is 0. The molecule has 0 aliphatic carbocycles. The van der Waals surface area contributed by atoms with E-state index < -0.39 is 0 Å². The molecule has 0 spiro atoms. The molecule has 0 fully saturated rings. The monoisotopic (exact) mass is 290 g/mol. The van der Waals surface area contributed by atoms with Crippen LogP contribution in [-0.2, 0) is 0 Å². The highest BCUT2D eigenvalue weighted by Crippen LogP contribution is 2.31. The summed E-state index contributed by atoms with van der Waals surface area (Å²) in [5, 5.41) is 3.79. The lowest BCUT2D eigenvalue weighted by Crippen LogP contribution is -2.34. The quantitative estimate of drug-likeness (QED) is 0.791. The Morgan fingerprint density at radius 2 is 2.05 bits per heavy atom. The maximum absolute atomic E-state index is 5.73. The van der Waals surface area contributed by atoms with E-state index in [0.717, 1.165) is 31.9 Å². The number of nitrogens with one attached hydrogen (secondary N) is 1. The number of nitrogens with zero attached hydrogens (tertiary/aromatic N) is 1. The Morgan fingerprint density at radius 3 is 2.81 bits per heavy atom. The summed E-state index contributed by atoms with van der Waals surface area (Å²) in [6.07, 6.45) is 3.56. The van der Waals surface area contributed by atoms with Crippen molar-refractivity contribution >= 4 is 0 Å². The molecule has 1 aromatic rings. The van der Waals surface area contributed by atoms with E-state index in [1.165, 1.54) is 24.9 Å². The van der Waals surface area contributed by atoms with E-state index in [2.05, 4.69) is 55.3 Å². The zero-order valence-corrected chi connectivity index (χ0v) is 13.8. The summed E-state index contributed by atoms with van der Waals surface area (Å²) in [5.41, 5.74) is 1.32. The molecule has 118 valence electrons. The lowest BCUT2D eigenvalue weighted by atomic mass is 9.99. The van der Waals surface area contributed by atoms with Gasteiger partial charge in [0.15, 0.2) is 0 Å². The van der Waals surface area contributed by atoms with Crippen LogP contribution in [0.15, 0.2) is 24.3 Å². The number of hydrogen-bond acceptors (Lipinski definition) is 3. The first-order valence-corrected chi connectivity index (χ1v) is 8.44. The molecule has 2 unspecified atom stereocenters. The second-order valence-corrected chi connectivity index (χ2v) is 5.96. The SMILES string of the molecule is CCN(CC)CCCC(C)NC1CCOc2ccccc21. The second-order valence-electron chi connectivity index (χ2n) is 5.96. The molecule has 1 N–H and O–H groups in total. The first-order chi connectivity index (χ1) is 10.2. The van der Waals surface area contributed by atoms with E-state index in [4.69, 9.17) is 4.74 Å². The van der Waals surface area contributed by atoms with Gasteiger partial charge in [0.1, 0.15) is 5.75 Å². The molecule has 0 radical (unpaired) electrons. The molecular formula is C18H30N2O. The lowest BCUT2D eigenvalue weighted by molar-refractivity contribution is 0.240. The highest BCUT2D eigenvalue weighted by molar-refractivity contribution is 5.37. The average molecular weight is 290 g/mol. The molecule has 3 heteroatoms. The van der Waals surface area contributed by atoms with Crippen LogP contribution in [0.4, 0.5) is 0 Å². The third-order valence-corrected chi connectivity index (χ3v) is 4.45. The van der Waals surface area contributed by atoms with E-state index in [1.54, 1.807) is 0 Å². The van der Waals surface area contributed by atoms with Gasteiger partial charge < -0.3 is 15.0 Å². The maximum atomic E-state index is 5.73. The molecule has 0 aromatic heterocycles. The van der Waals surface area contributed by atoms with Crippen molar-refractivity contribution in [2.75, 3.05) is 26.2 Å². The second kappa shape index (κ2) is 8.40. The van der Waals surface area contributed by atoms with E-state index >= 15 is 0 Å². The predicted molar refractivity (Wildman–Crippen MR) is 88.9 cm³/mol. The minimum atomic E-state index is 0.443. The van der Waals surface area contributed by atoms with Crippen LogP contribution in [0.5, 0.6) is 5.75 Å².